The SMILES string of the molecule is O=c1c(-c2ccncc2)cn2ccn(Cc3cccc(F)c3)c(=O)c2c1O. The van der Waals surface area contributed by atoms with Gasteiger partial charge in [0, 0.05) is 36.5 Å². The lowest BCUT2D eigenvalue weighted by molar-refractivity contribution is 0.472. The first-order valence-corrected chi connectivity index (χ1v) is 8.17. The predicted molar refractivity (Wildman–Crippen MR) is 98.3 cm³/mol. The summed E-state index contributed by atoms with van der Waals surface area (Å²) >= 11 is 0. The molecule has 0 fully saturated rings. The molecule has 0 unspecified atom stereocenters. The average molecular weight is 363 g/mol. The monoisotopic (exact) mass is 363 g/mol. The van der Waals surface area contributed by atoms with Gasteiger partial charge in [-0.2, -0.15) is 0 Å². The highest BCUT2D eigenvalue weighted by atomic mass is 19.1. The maximum Gasteiger partial charge on any atom is 0.279 e. The summed E-state index contributed by atoms with van der Waals surface area (Å²) in [6, 6.07) is 9.19. The standard InChI is InChI=1S/C20H14FN3O3/c21-15-3-1-2-13(10-15)11-24-9-8-23-12-16(14-4-6-22-7-5-14)18(25)19(26)17(23)20(24)27/h1-10,12,26H,11H2. The van der Waals surface area contributed by atoms with Crippen molar-refractivity contribution in [1.29, 1.82) is 0 Å². The number of hydrogen-bond acceptors (Lipinski definition) is 4. The predicted octanol–water partition coefficient (Wildman–Crippen LogP) is 2.42. The molecule has 3 aromatic heterocycles. The number of fused-ring (bicyclic) bond motifs is 1. The zero-order chi connectivity index (χ0) is 19.0. The van der Waals surface area contributed by atoms with Crippen molar-refractivity contribution in [2.45, 2.75) is 6.54 Å². The van der Waals surface area contributed by atoms with Crippen LogP contribution in [0, 0.1) is 5.82 Å². The highest BCUT2D eigenvalue weighted by Crippen LogP contribution is 2.19. The number of aromatic nitrogens is 3. The molecule has 0 atom stereocenters. The number of halogens is 1. The van der Waals surface area contributed by atoms with Gasteiger partial charge in [-0.15, -0.1) is 0 Å². The van der Waals surface area contributed by atoms with E-state index in [1.165, 1.54) is 45.9 Å². The summed E-state index contributed by atoms with van der Waals surface area (Å²) in [7, 11) is 0. The second-order valence-electron chi connectivity index (χ2n) is 6.07. The fraction of sp³-hybridized carbons (Fsp3) is 0.0500. The van der Waals surface area contributed by atoms with E-state index in [1.807, 2.05) is 0 Å². The summed E-state index contributed by atoms with van der Waals surface area (Å²) in [4.78, 5) is 29.3. The van der Waals surface area contributed by atoms with Crippen molar-refractivity contribution in [2.24, 2.45) is 0 Å². The second kappa shape index (κ2) is 6.53. The maximum atomic E-state index is 13.4. The van der Waals surface area contributed by atoms with Crippen LogP contribution in [0.15, 0.2) is 77.0 Å². The third-order valence-electron chi connectivity index (χ3n) is 4.31. The Labute approximate surface area is 152 Å². The second-order valence-corrected chi connectivity index (χ2v) is 6.07. The third kappa shape index (κ3) is 2.99. The lowest BCUT2D eigenvalue weighted by Crippen LogP contribution is -2.24. The first-order chi connectivity index (χ1) is 13.0. The summed E-state index contributed by atoms with van der Waals surface area (Å²) in [6.45, 7) is 0.118. The number of benzene rings is 1. The highest BCUT2D eigenvalue weighted by Gasteiger charge is 2.15. The molecule has 1 N–H and O–H groups in total. The largest absolute Gasteiger partial charge is 0.503 e. The maximum absolute atomic E-state index is 13.4. The van der Waals surface area contributed by atoms with Crippen molar-refractivity contribution >= 4 is 5.52 Å². The summed E-state index contributed by atoms with van der Waals surface area (Å²) in [5.74, 6) is -1.02. The molecule has 4 rings (SSSR count). The van der Waals surface area contributed by atoms with E-state index in [-0.39, 0.29) is 17.6 Å². The Balaban J connectivity index is 1.88. The van der Waals surface area contributed by atoms with Crippen LogP contribution in [0.3, 0.4) is 0 Å². The van der Waals surface area contributed by atoms with Crippen LogP contribution in [-0.2, 0) is 6.54 Å². The minimum Gasteiger partial charge on any atom is -0.503 e. The number of pyridine rings is 2. The Morgan fingerprint density at radius 3 is 2.59 bits per heavy atom. The normalized spacial score (nSPS) is 11.0. The van der Waals surface area contributed by atoms with Crippen molar-refractivity contribution in [2.75, 3.05) is 0 Å². The molecule has 0 saturated carbocycles. The molecule has 1 aromatic carbocycles. The molecule has 0 amide bonds. The van der Waals surface area contributed by atoms with Gasteiger partial charge in [-0.05, 0) is 35.4 Å². The zero-order valence-corrected chi connectivity index (χ0v) is 14.0. The minimum absolute atomic E-state index is 0.118. The van der Waals surface area contributed by atoms with Crippen LogP contribution in [0.1, 0.15) is 5.56 Å². The molecule has 3 heterocycles. The average Bonchev–Trinajstić information content (AvgIpc) is 2.67. The highest BCUT2D eigenvalue weighted by molar-refractivity contribution is 5.69. The van der Waals surface area contributed by atoms with E-state index in [1.54, 1.807) is 30.5 Å². The molecular formula is C20H14FN3O3. The van der Waals surface area contributed by atoms with Gasteiger partial charge in [0.2, 0.25) is 5.43 Å². The molecule has 0 aliphatic rings. The minimum atomic E-state index is -0.637. The van der Waals surface area contributed by atoms with Crippen LogP contribution in [0.4, 0.5) is 4.39 Å². The van der Waals surface area contributed by atoms with Gasteiger partial charge in [-0.1, -0.05) is 12.1 Å². The van der Waals surface area contributed by atoms with E-state index >= 15 is 0 Å². The molecule has 4 aromatic rings. The molecule has 0 saturated heterocycles. The summed E-state index contributed by atoms with van der Waals surface area (Å²) < 4.78 is 16.1. The van der Waals surface area contributed by atoms with Gasteiger partial charge in [-0.25, -0.2) is 4.39 Å². The van der Waals surface area contributed by atoms with Crippen molar-refractivity contribution in [3.63, 3.8) is 0 Å². The Hall–Kier alpha value is -3.74. The molecule has 0 aliphatic heterocycles. The van der Waals surface area contributed by atoms with E-state index < -0.39 is 22.6 Å². The smallest absolute Gasteiger partial charge is 0.279 e. The molecule has 0 spiro atoms. The Bertz CT molecular complexity index is 1260. The molecule has 134 valence electrons. The van der Waals surface area contributed by atoms with Crippen molar-refractivity contribution in [3.05, 3.63) is 99.3 Å². The number of hydrogen-bond donors (Lipinski definition) is 1. The molecule has 0 bridgehead atoms. The Morgan fingerprint density at radius 1 is 1.07 bits per heavy atom. The van der Waals surface area contributed by atoms with Gasteiger partial charge in [0.15, 0.2) is 11.3 Å². The fourth-order valence-electron chi connectivity index (χ4n) is 3.00. The zero-order valence-electron chi connectivity index (χ0n) is 14.0. The molecule has 6 nitrogen and oxygen atoms in total. The van der Waals surface area contributed by atoms with Gasteiger partial charge in [-0.3, -0.25) is 14.6 Å². The Morgan fingerprint density at radius 2 is 1.85 bits per heavy atom. The van der Waals surface area contributed by atoms with Crippen LogP contribution >= 0.6 is 0 Å². The van der Waals surface area contributed by atoms with Crippen molar-refractivity contribution in [3.8, 4) is 16.9 Å². The van der Waals surface area contributed by atoms with Crippen LogP contribution in [-0.4, -0.2) is 19.1 Å². The van der Waals surface area contributed by atoms with Gasteiger partial charge < -0.3 is 14.1 Å². The summed E-state index contributed by atoms with van der Waals surface area (Å²) in [6.07, 6.45) is 7.68. The van der Waals surface area contributed by atoms with Crippen LogP contribution in [0.25, 0.3) is 16.6 Å². The van der Waals surface area contributed by atoms with E-state index in [0.717, 1.165) is 0 Å². The van der Waals surface area contributed by atoms with E-state index in [2.05, 4.69) is 4.98 Å². The first kappa shape index (κ1) is 16.7. The summed E-state index contributed by atoms with van der Waals surface area (Å²) in [5, 5.41) is 10.4. The molecule has 7 heteroatoms. The van der Waals surface area contributed by atoms with Gasteiger partial charge in [0.1, 0.15) is 5.82 Å². The van der Waals surface area contributed by atoms with Crippen LogP contribution < -0.4 is 11.0 Å². The van der Waals surface area contributed by atoms with E-state index in [0.29, 0.717) is 11.1 Å². The number of nitrogens with zero attached hydrogens (tertiary/aromatic N) is 3. The Kier molecular flexibility index (Phi) is 4.04. The quantitative estimate of drug-likeness (QED) is 0.606. The van der Waals surface area contributed by atoms with Crippen molar-refractivity contribution in [1.82, 2.24) is 14.0 Å². The molecular weight excluding hydrogens is 349 g/mol. The molecule has 0 aliphatic carbocycles. The van der Waals surface area contributed by atoms with Crippen LogP contribution in [0.5, 0.6) is 5.75 Å². The third-order valence-corrected chi connectivity index (χ3v) is 4.31. The van der Waals surface area contributed by atoms with Gasteiger partial charge in [0.25, 0.3) is 5.56 Å². The first-order valence-electron chi connectivity index (χ1n) is 8.17. The van der Waals surface area contributed by atoms with Crippen LogP contribution in [0.2, 0.25) is 0 Å². The van der Waals surface area contributed by atoms with Gasteiger partial charge in [0.05, 0.1) is 6.54 Å². The van der Waals surface area contributed by atoms with E-state index in [4.69, 9.17) is 0 Å². The molecule has 27 heavy (non-hydrogen) atoms. The lowest BCUT2D eigenvalue weighted by atomic mass is 10.1. The summed E-state index contributed by atoms with van der Waals surface area (Å²) in [5.41, 5.74) is 0.131. The molecule has 0 radical (unpaired) electrons. The topological polar surface area (TPSA) is 76.6 Å². The van der Waals surface area contributed by atoms with Crippen molar-refractivity contribution < 1.29 is 9.50 Å². The number of rotatable bonds is 3. The number of aromatic hydroxyl groups is 1. The lowest BCUT2D eigenvalue weighted by Gasteiger charge is -2.11. The fourth-order valence-corrected chi connectivity index (χ4v) is 3.00. The van der Waals surface area contributed by atoms with E-state index in [9.17, 15) is 19.1 Å². The van der Waals surface area contributed by atoms with Gasteiger partial charge >= 0.3 is 0 Å².